The third-order valence-electron chi connectivity index (χ3n) is 4.13. The van der Waals surface area contributed by atoms with Gasteiger partial charge in [-0.05, 0) is 31.5 Å². The third-order valence-corrected chi connectivity index (χ3v) is 4.13. The Balaban J connectivity index is 1.81. The third kappa shape index (κ3) is 2.46. The Morgan fingerprint density at radius 1 is 1.31 bits per heavy atom. The van der Waals surface area contributed by atoms with E-state index in [1.165, 1.54) is 23.0 Å². The number of esters is 1. The van der Waals surface area contributed by atoms with Gasteiger partial charge in [-0.2, -0.15) is 10.2 Å². The van der Waals surface area contributed by atoms with Crippen LogP contribution in [0.5, 0.6) is 11.5 Å². The fraction of sp³-hybridized carbons (Fsp3) is 0.167. The molecule has 26 heavy (non-hydrogen) atoms. The number of carbonyl (C=O) groups excluding carboxylic acids is 1. The van der Waals surface area contributed by atoms with Gasteiger partial charge in [0.15, 0.2) is 17.3 Å². The van der Waals surface area contributed by atoms with Gasteiger partial charge in [-0.15, -0.1) is 0 Å². The van der Waals surface area contributed by atoms with Crippen molar-refractivity contribution in [3.63, 3.8) is 0 Å². The molecule has 8 heteroatoms. The topological polar surface area (TPSA) is 81.5 Å². The highest BCUT2D eigenvalue weighted by Crippen LogP contribution is 2.33. The van der Waals surface area contributed by atoms with Gasteiger partial charge in [-0.3, -0.25) is 5.10 Å². The molecule has 0 bridgehead atoms. The van der Waals surface area contributed by atoms with Crippen LogP contribution in [0.15, 0.2) is 36.8 Å². The molecule has 1 N–H and O–H groups in total. The lowest BCUT2D eigenvalue weighted by Crippen LogP contribution is -2.04. The Morgan fingerprint density at radius 2 is 2.15 bits per heavy atom. The number of hydrogen-bond donors (Lipinski definition) is 1. The lowest BCUT2D eigenvalue weighted by molar-refractivity contribution is 0.0525. The minimum Gasteiger partial charge on any atom is -0.462 e. The van der Waals surface area contributed by atoms with Crippen molar-refractivity contribution in [1.29, 1.82) is 0 Å². The average Bonchev–Trinajstić information content (AvgIpc) is 3.23. The monoisotopic (exact) mass is 354 g/mol. The summed E-state index contributed by atoms with van der Waals surface area (Å²) in [4.78, 5) is 12.1. The summed E-state index contributed by atoms with van der Waals surface area (Å²) in [5.41, 5.74) is 2.19. The number of carbonyl (C=O) groups is 1. The number of H-pyrrole nitrogens is 1. The summed E-state index contributed by atoms with van der Waals surface area (Å²) < 4.78 is 27.0. The SMILES string of the molecule is CCOC(=O)c1cn2nccc(Oc3ccc4[nH]ncc4c3F)c2c1C. The molecular formula is C18H15FN4O3. The quantitative estimate of drug-likeness (QED) is 0.566. The summed E-state index contributed by atoms with van der Waals surface area (Å²) in [5, 5.41) is 11.1. The molecule has 1 aromatic carbocycles. The Morgan fingerprint density at radius 3 is 2.96 bits per heavy atom. The molecule has 0 saturated heterocycles. The van der Waals surface area contributed by atoms with E-state index in [0.717, 1.165) is 0 Å². The maximum absolute atomic E-state index is 14.6. The van der Waals surface area contributed by atoms with Crippen molar-refractivity contribution in [2.24, 2.45) is 0 Å². The molecule has 0 fully saturated rings. The van der Waals surface area contributed by atoms with E-state index in [1.807, 2.05) is 0 Å². The molecule has 0 unspecified atom stereocenters. The summed E-state index contributed by atoms with van der Waals surface area (Å²) >= 11 is 0. The van der Waals surface area contributed by atoms with Gasteiger partial charge in [-0.1, -0.05) is 0 Å². The second-order valence-electron chi connectivity index (χ2n) is 5.69. The van der Waals surface area contributed by atoms with E-state index < -0.39 is 11.8 Å². The van der Waals surface area contributed by atoms with E-state index in [-0.39, 0.29) is 12.4 Å². The number of aromatic amines is 1. The number of aryl methyl sites for hydroxylation is 1. The molecule has 0 amide bonds. The molecule has 4 aromatic rings. The van der Waals surface area contributed by atoms with E-state index in [9.17, 15) is 9.18 Å². The Kier molecular flexibility index (Phi) is 3.80. The second kappa shape index (κ2) is 6.14. The lowest BCUT2D eigenvalue weighted by atomic mass is 10.2. The van der Waals surface area contributed by atoms with Crippen LogP contribution in [0.4, 0.5) is 4.39 Å². The van der Waals surface area contributed by atoms with Gasteiger partial charge in [0.25, 0.3) is 0 Å². The number of fused-ring (bicyclic) bond motifs is 2. The molecule has 0 spiro atoms. The van der Waals surface area contributed by atoms with Crippen LogP contribution >= 0.6 is 0 Å². The second-order valence-corrected chi connectivity index (χ2v) is 5.69. The van der Waals surface area contributed by atoms with E-state index in [4.69, 9.17) is 9.47 Å². The van der Waals surface area contributed by atoms with Crippen LogP contribution in [-0.4, -0.2) is 32.4 Å². The van der Waals surface area contributed by atoms with E-state index in [2.05, 4.69) is 15.3 Å². The molecule has 0 aliphatic carbocycles. The maximum Gasteiger partial charge on any atom is 0.340 e. The minimum absolute atomic E-state index is 0.0604. The molecule has 0 aliphatic rings. The smallest absolute Gasteiger partial charge is 0.340 e. The summed E-state index contributed by atoms with van der Waals surface area (Å²) in [5.74, 6) is -0.506. The molecule has 3 heterocycles. The molecule has 4 rings (SSSR count). The van der Waals surface area contributed by atoms with Crippen molar-refractivity contribution in [3.05, 3.63) is 53.7 Å². The van der Waals surface area contributed by atoms with Gasteiger partial charge in [-0.25, -0.2) is 13.7 Å². The van der Waals surface area contributed by atoms with Crippen LogP contribution in [0.2, 0.25) is 0 Å². The molecule has 7 nitrogen and oxygen atoms in total. The molecule has 3 aromatic heterocycles. The van der Waals surface area contributed by atoms with Crippen molar-refractivity contribution in [3.8, 4) is 11.5 Å². The first-order chi connectivity index (χ1) is 12.6. The zero-order valence-electron chi connectivity index (χ0n) is 14.1. The maximum atomic E-state index is 14.6. The van der Waals surface area contributed by atoms with E-state index in [1.54, 1.807) is 32.2 Å². The molecule has 0 aliphatic heterocycles. The Labute approximate surface area is 147 Å². The normalized spacial score (nSPS) is 11.2. The number of aromatic nitrogens is 4. The number of benzene rings is 1. The van der Waals surface area contributed by atoms with Crippen molar-refractivity contribution in [2.45, 2.75) is 13.8 Å². The first kappa shape index (κ1) is 16.1. The van der Waals surface area contributed by atoms with Gasteiger partial charge >= 0.3 is 5.97 Å². The number of rotatable bonds is 4. The van der Waals surface area contributed by atoms with Crippen LogP contribution in [0.1, 0.15) is 22.8 Å². The molecule has 0 atom stereocenters. The summed E-state index contributed by atoms with van der Waals surface area (Å²) in [6.07, 6.45) is 4.50. The number of halogens is 1. The van der Waals surface area contributed by atoms with Crippen LogP contribution in [0.25, 0.3) is 16.4 Å². The lowest BCUT2D eigenvalue weighted by Gasteiger charge is -2.09. The minimum atomic E-state index is -0.513. The molecular weight excluding hydrogens is 339 g/mol. The summed E-state index contributed by atoms with van der Waals surface area (Å²) in [6.45, 7) is 3.79. The van der Waals surface area contributed by atoms with Crippen molar-refractivity contribution >= 4 is 22.4 Å². The van der Waals surface area contributed by atoms with Crippen LogP contribution in [0.3, 0.4) is 0 Å². The largest absolute Gasteiger partial charge is 0.462 e. The standard InChI is InChI=1S/C18H15FN4O3/c1-3-25-18(24)12-9-23-17(10(12)2)15(6-7-21-23)26-14-5-4-13-11(16(14)19)8-20-22-13/h4-9H,3H2,1-2H3,(H,20,22). The van der Waals surface area contributed by atoms with Gasteiger partial charge in [0, 0.05) is 12.3 Å². The number of nitrogens with zero attached hydrogens (tertiary/aromatic N) is 3. The molecule has 0 radical (unpaired) electrons. The fourth-order valence-electron chi connectivity index (χ4n) is 2.88. The van der Waals surface area contributed by atoms with Gasteiger partial charge in [0.1, 0.15) is 5.52 Å². The molecule has 132 valence electrons. The number of ether oxygens (including phenoxy) is 2. The predicted octanol–water partition coefficient (Wildman–Crippen LogP) is 3.63. The first-order valence-electron chi connectivity index (χ1n) is 8.03. The highest BCUT2D eigenvalue weighted by molar-refractivity contribution is 5.94. The Bertz CT molecular complexity index is 1130. The van der Waals surface area contributed by atoms with Crippen LogP contribution in [0, 0.1) is 12.7 Å². The van der Waals surface area contributed by atoms with Gasteiger partial charge < -0.3 is 9.47 Å². The zero-order valence-corrected chi connectivity index (χ0v) is 14.1. The average molecular weight is 354 g/mol. The van der Waals surface area contributed by atoms with Crippen molar-refractivity contribution in [2.75, 3.05) is 6.61 Å². The van der Waals surface area contributed by atoms with Crippen LogP contribution in [-0.2, 0) is 4.74 Å². The number of nitrogens with one attached hydrogen (secondary N) is 1. The number of hydrogen-bond acceptors (Lipinski definition) is 5. The van der Waals surface area contributed by atoms with Gasteiger partial charge in [0.2, 0.25) is 0 Å². The van der Waals surface area contributed by atoms with E-state index in [0.29, 0.717) is 33.3 Å². The highest BCUT2D eigenvalue weighted by atomic mass is 19.1. The highest BCUT2D eigenvalue weighted by Gasteiger charge is 2.20. The van der Waals surface area contributed by atoms with Crippen molar-refractivity contribution < 1.29 is 18.7 Å². The first-order valence-corrected chi connectivity index (χ1v) is 8.03. The molecule has 0 saturated carbocycles. The zero-order chi connectivity index (χ0) is 18.3. The fourth-order valence-corrected chi connectivity index (χ4v) is 2.88. The Hall–Kier alpha value is -3.42. The summed E-state index contributed by atoms with van der Waals surface area (Å²) in [6, 6.07) is 4.84. The van der Waals surface area contributed by atoms with Crippen molar-refractivity contribution in [1.82, 2.24) is 19.8 Å². The van der Waals surface area contributed by atoms with Crippen LogP contribution < -0.4 is 4.74 Å². The van der Waals surface area contributed by atoms with E-state index >= 15 is 0 Å². The summed E-state index contributed by atoms with van der Waals surface area (Å²) in [7, 11) is 0. The predicted molar refractivity (Wildman–Crippen MR) is 92.0 cm³/mol. The van der Waals surface area contributed by atoms with Gasteiger partial charge in [0.05, 0.1) is 35.5 Å².